The zero-order chi connectivity index (χ0) is 15.4. The molecule has 116 valence electrons. The molecule has 0 aliphatic heterocycles. The van der Waals surface area contributed by atoms with Crippen LogP contribution in [0.2, 0.25) is 0 Å². The van der Waals surface area contributed by atoms with E-state index in [9.17, 15) is 0 Å². The fourth-order valence-corrected chi connectivity index (χ4v) is 0.485. The van der Waals surface area contributed by atoms with E-state index in [4.69, 9.17) is 30.6 Å². The van der Waals surface area contributed by atoms with Crippen molar-refractivity contribution in [3.8, 4) is 0 Å². The van der Waals surface area contributed by atoms with Crippen LogP contribution in [0.15, 0.2) is 0 Å². The molecule has 0 aromatic rings. The Kier molecular flexibility index (Phi) is 37.4. The van der Waals surface area contributed by atoms with E-state index >= 15 is 0 Å². The molecule has 0 aromatic carbocycles. The molecule has 0 fully saturated rings. The summed E-state index contributed by atoms with van der Waals surface area (Å²) in [6, 6.07) is 0. The maximum absolute atomic E-state index is 8.66. The molecular weight excluding hydrogens is 240 g/mol. The topological polar surface area (TPSA) is 121 Å². The molecule has 18 heavy (non-hydrogen) atoms. The zero-order valence-corrected chi connectivity index (χ0v) is 12.1. The van der Waals surface area contributed by atoms with Crippen LogP contribution in [0.25, 0.3) is 0 Å². The molecule has 6 heteroatoms. The lowest BCUT2D eigenvalue weighted by atomic mass is 9.88. The fraction of sp³-hybridized carbons (Fsp3) is 1.00. The van der Waals surface area contributed by atoms with Gasteiger partial charge in [0, 0.05) is 25.2 Å². The van der Waals surface area contributed by atoms with Gasteiger partial charge in [0.2, 0.25) is 0 Å². The van der Waals surface area contributed by atoms with E-state index in [-0.39, 0.29) is 39.6 Å². The average molecular weight is 272 g/mol. The van der Waals surface area contributed by atoms with E-state index in [0.717, 1.165) is 0 Å². The molecule has 0 heterocycles. The second kappa shape index (κ2) is 25.6. The molecule has 0 spiro atoms. The lowest BCUT2D eigenvalue weighted by Gasteiger charge is -2.24. The van der Waals surface area contributed by atoms with E-state index in [1.54, 1.807) is 20.8 Å². The molecule has 0 aliphatic carbocycles. The highest BCUT2D eigenvalue weighted by atomic mass is 16.3. The first kappa shape index (κ1) is 26.3. The van der Waals surface area contributed by atoms with Gasteiger partial charge in [-0.1, -0.05) is 6.92 Å². The van der Waals surface area contributed by atoms with Crippen LogP contribution in [-0.2, 0) is 0 Å². The van der Waals surface area contributed by atoms with Crippen LogP contribution < -0.4 is 0 Å². The lowest BCUT2D eigenvalue weighted by molar-refractivity contribution is 0.00304. The van der Waals surface area contributed by atoms with E-state index in [2.05, 4.69) is 0 Å². The summed E-state index contributed by atoms with van der Waals surface area (Å²) in [6.07, 6.45) is 0.594. The molecule has 0 amide bonds. The monoisotopic (exact) mass is 272 g/mol. The Hall–Kier alpha value is -0.240. The van der Waals surface area contributed by atoms with E-state index < -0.39 is 5.41 Å². The Morgan fingerprint density at radius 2 is 0.722 bits per heavy atom. The predicted octanol–water partition coefficient (Wildman–Crippen LogP) is -0.645. The minimum absolute atomic E-state index is 0.156. The first-order chi connectivity index (χ1) is 8.49. The summed E-state index contributed by atoms with van der Waals surface area (Å²) in [5.74, 6) is 0. The van der Waals surface area contributed by atoms with Gasteiger partial charge in [0.05, 0.1) is 19.8 Å². The van der Waals surface area contributed by atoms with Crippen LogP contribution in [0.3, 0.4) is 0 Å². The van der Waals surface area contributed by atoms with Crippen molar-refractivity contribution in [1.29, 1.82) is 0 Å². The minimum Gasteiger partial charge on any atom is -0.397 e. The first-order valence-corrected chi connectivity index (χ1v) is 6.14. The van der Waals surface area contributed by atoms with Gasteiger partial charge in [-0.25, -0.2) is 0 Å². The van der Waals surface area contributed by atoms with Crippen LogP contribution in [0.4, 0.5) is 0 Å². The molecule has 0 saturated carbocycles. The second-order valence-electron chi connectivity index (χ2n) is 3.28. The minimum atomic E-state index is -0.667. The van der Waals surface area contributed by atoms with Crippen molar-refractivity contribution in [3.63, 3.8) is 0 Å². The molecule has 0 rings (SSSR count). The molecule has 6 N–H and O–H groups in total. The Balaban J connectivity index is -0.0000000902. The third-order valence-corrected chi connectivity index (χ3v) is 1.76. The highest BCUT2D eigenvalue weighted by Crippen LogP contribution is 2.18. The normalized spacial score (nSPS) is 9.00. The van der Waals surface area contributed by atoms with Gasteiger partial charge in [0.1, 0.15) is 0 Å². The summed E-state index contributed by atoms with van der Waals surface area (Å²) in [6.45, 7) is 7.14. The largest absolute Gasteiger partial charge is 0.397 e. The van der Waals surface area contributed by atoms with Crippen LogP contribution in [0.5, 0.6) is 0 Å². The van der Waals surface area contributed by atoms with Crippen molar-refractivity contribution < 1.29 is 30.6 Å². The molecule has 0 saturated heterocycles. The van der Waals surface area contributed by atoms with Crippen molar-refractivity contribution >= 4 is 0 Å². The summed E-state index contributed by atoms with van der Waals surface area (Å²) in [5, 5.41) is 48.7. The van der Waals surface area contributed by atoms with Gasteiger partial charge >= 0.3 is 0 Å². The number of aliphatic hydroxyl groups excluding tert-OH is 6. The Morgan fingerprint density at radius 3 is 0.722 bits per heavy atom. The summed E-state index contributed by atoms with van der Waals surface area (Å²) < 4.78 is 0. The molecular formula is C12H32O6. The zero-order valence-electron chi connectivity index (χ0n) is 12.1. The first-order valence-electron chi connectivity index (χ1n) is 6.14. The van der Waals surface area contributed by atoms with Gasteiger partial charge < -0.3 is 30.6 Å². The van der Waals surface area contributed by atoms with Crippen molar-refractivity contribution in [3.05, 3.63) is 0 Å². The van der Waals surface area contributed by atoms with Gasteiger partial charge in [-0.2, -0.15) is 0 Å². The van der Waals surface area contributed by atoms with Crippen LogP contribution in [-0.4, -0.2) is 70.3 Å². The standard InChI is InChI=1S/C6H14O3.3C2H6O/c1-2-6(3-7,4-8)5-9;3*1-2-3/h7-9H,2-5H2,1H3;3*3H,2H2,1H3. The van der Waals surface area contributed by atoms with Gasteiger partial charge in [-0.05, 0) is 27.2 Å². The van der Waals surface area contributed by atoms with Crippen LogP contribution >= 0.6 is 0 Å². The van der Waals surface area contributed by atoms with Crippen molar-refractivity contribution in [2.45, 2.75) is 34.1 Å². The fourth-order valence-electron chi connectivity index (χ4n) is 0.485. The number of hydrogen-bond acceptors (Lipinski definition) is 6. The molecule has 6 nitrogen and oxygen atoms in total. The molecule has 0 atom stereocenters. The number of hydrogen-bond donors (Lipinski definition) is 6. The highest BCUT2D eigenvalue weighted by Gasteiger charge is 2.24. The van der Waals surface area contributed by atoms with Crippen molar-refractivity contribution in [2.75, 3.05) is 39.6 Å². The van der Waals surface area contributed by atoms with Crippen molar-refractivity contribution in [1.82, 2.24) is 0 Å². The second-order valence-corrected chi connectivity index (χ2v) is 3.28. The van der Waals surface area contributed by atoms with Crippen molar-refractivity contribution in [2.24, 2.45) is 5.41 Å². The predicted molar refractivity (Wildman–Crippen MR) is 72.3 cm³/mol. The van der Waals surface area contributed by atoms with Gasteiger partial charge in [-0.3, -0.25) is 0 Å². The third-order valence-electron chi connectivity index (χ3n) is 1.76. The Morgan fingerprint density at radius 1 is 0.556 bits per heavy atom. The number of aliphatic hydroxyl groups is 6. The average Bonchev–Trinajstić information content (AvgIpc) is 2.36. The maximum Gasteiger partial charge on any atom is 0.0531 e. The van der Waals surface area contributed by atoms with E-state index in [1.165, 1.54) is 0 Å². The number of rotatable bonds is 4. The Bertz CT molecular complexity index is 84.5. The van der Waals surface area contributed by atoms with E-state index in [0.29, 0.717) is 6.42 Å². The van der Waals surface area contributed by atoms with Gasteiger partial charge in [-0.15, -0.1) is 0 Å². The van der Waals surface area contributed by atoms with Crippen LogP contribution in [0.1, 0.15) is 34.1 Å². The molecule has 0 unspecified atom stereocenters. The SMILES string of the molecule is CCC(CO)(CO)CO.CCO.CCO.CCO. The van der Waals surface area contributed by atoms with Crippen LogP contribution in [0, 0.1) is 5.41 Å². The summed E-state index contributed by atoms with van der Waals surface area (Å²) in [4.78, 5) is 0. The highest BCUT2D eigenvalue weighted by molar-refractivity contribution is 4.74. The molecule has 0 aromatic heterocycles. The smallest absolute Gasteiger partial charge is 0.0531 e. The quantitative estimate of drug-likeness (QED) is 0.405. The van der Waals surface area contributed by atoms with E-state index in [1.807, 2.05) is 6.92 Å². The third kappa shape index (κ3) is 24.8. The lowest BCUT2D eigenvalue weighted by Crippen LogP contribution is -2.32. The molecule has 0 bridgehead atoms. The molecule has 0 aliphatic rings. The van der Waals surface area contributed by atoms with Gasteiger partial charge in [0.25, 0.3) is 0 Å². The maximum atomic E-state index is 8.66. The summed E-state index contributed by atoms with van der Waals surface area (Å²) >= 11 is 0. The molecule has 0 radical (unpaired) electrons. The Labute approximate surface area is 111 Å². The van der Waals surface area contributed by atoms with Gasteiger partial charge in [0.15, 0.2) is 0 Å². The summed E-state index contributed by atoms with van der Waals surface area (Å²) in [7, 11) is 0. The summed E-state index contributed by atoms with van der Waals surface area (Å²) in [5.41, 5.74) is -0.667.